The Morgan fingerprint density at radius 2 is 2.00 bits per heavy atom. The third kappa shape index (κ3) is 2.52. The van der Waals surface area contributed by atoms with Crippen LogP contribution in [0, 0.1) is 20.8 Å². The molecule has 4 rings (SSSR count). The van der Waals surface area contributed by atoms with Crippen LogP contribution in [-0.4, -0.2) is 25.7 Å². The fourth-order valence-corrected chi connectivity index (χ4v) is 3.62. The molecule has 0 spiro atoms. The number of fused-ring (bicyclic) bond motifs is 1. The van der Waals surface area contributed by atoms with Crippen LogP contribution in [-0.2, 0) is 4.79 Å². The maximum atomic E-state index is 12.6. The number of aromatic amines is 1. The van der Waals surface area contributed by atoms with E-state index in [4.69, 9.17) is 4.74 Å². The molecule has 0 aromatic carbocycles. The number of H-pyrrole nitrogens is 1. The van der Waals surface area contributed by atoms with Crippen molar-refractivity contribution in [1.82, 2.24) is 19.7 Å². The van der Waals surface area contributed by atoms with Gasteiger partial charge in [-0.05, 0) is 32.9 Å². The molecule has 0 fully saturated rings. The summed E-state index contributed by atoms with van der Waals surface area (Å²) in [5.41, 5.74) is 3.37. The lowest BCUT2D eigenvalue weighted by Crippen LogP contribution is -2.29. The summed E-state index contributed by atoms with van der Waals surface area (Å²) in [5.74, 6) is 0.276. The zero-order valence-corrected chi connectivity index (χ0v) is 14.7. The molecule has 0 radical (unpaired) electrons. The molecule has 0 aliphatic carbocycles. The van der Waals surface area contributed by atoms with Gasteiger partial charge < -0.3 is 9.72 Å². The predicted molar refractivity (Wildman–Crippen MR) is 94.7 cm³/mol. The van der Waals surface area contributed by atoms with E-state index in [-0.39, 0.29) is 17.9 Å². The fraction of sp³-hybridized carbons (Fsp3) is 0.263. The van der Waals surface area contributed by atoms with Gasteiger partial charge in [0.25, 0.3) is 5.56 Å². The molecule has 1 atom stereocenters. The quantitative estimate of drug-likeness (QED) is 0.717. The molecule has 26 heavy (non-hydrogen) atoms. The number of carbonyl (C=O) groups is 1. The van der Waals surface area contributed by atoms with Crippen molar-refractivity contribution in [3.63, 3.8) is 0 Å². The van der Waals surface area contributed by atoms with Gasteiger partial charge in [-0.1, -0.05) is 6.07 Å². The molecule has 0 bridgehead atoms. The Kier molecular flexibility index (Phi) is 3.72. The first kappa shape index (κ1) is 16.3. The minimum absolute atomic E-state index is 0.106. The number of esters is 1. The van der Waals surface area contributed by atoms with Crippen molar-refractivity contribution in [2.24, 2.45) is 0 Å². The van der Waals surface area contributed by atoms with Crippen LogP contribution in [0.3, 0.4) is 0 Å². The van der Waals surface area contributed by atoms with E-state index < -0.39 is 5.92 Å². The lowest BCUT2D eigenvalue weighted by molar-refractivity contribution is -0.135. The molecule has 7 nitrogen and oxygen atoms in total. The first-order valence-electron chi connectivity index (χ1n) is 8.37. The Morgan fingerprint density at radius 3 is 2.73 bits per heavy atom. The number of aromatic nitrogens is 4. The second kappa shape index (κ2) is 5.94. The van der Waals surface area contributed by atoms with E-state index in [1.165, 1.54) is 0 Å². The molecule has 0 saturated heterocycles. The minimum Gasteiger partial charge on any atom is -0.426 e. The summed E-state index contributed by atoms with van der Waals surface area (Å²) >= 11 is 0. The topological polar surface area (TPSA) is 89.9 Å². The number of carbonyl (C=O) groups excluding carboxylic acids is 1. The van der Waals surface area contributed by atoms with Crippen LogP contribution < -0.4 is 10.3 Å². The van der Waals surface area contributed by atoms with E-state index >= 15 is 0 Å². The molecule has 0 amide bonds. The maximum absolute atomic E-state index is 12.6. The average molecular weight is 350 g/mol. The molecule has 1 N–H and O–H groups in total. The summed E-state index contributed by atoms with van der Waals surface area (Å²) < 4.78 is 7.06. The number of nitrogens with zero attached hydrogens (tertiary/aromatic N) is 3. The summed E-state index contributed by atoms with van der Waals surface area (Å²) in [5, 5.41) is 4.59. The lowest BCUT2D eigenvalue weighted by atomic mass is 9.86. The van der Waals surface area contributed by atoms with E-state index in [0.29, 0.717) is 22.8 Å². The van der Waals surface area contributed by atoms with Gasteiger partial charge in [-0.25, -0.2) is 9.67 Å². The van der Waals surface area contributed by atoms with Crippen LogP contribution in [0.4, 0.5) is 0 Å². The summed E-state index contributed by atoms with van der Waals surface area (Å²) in [6.45, 7) is 5.56. The summed E-state index contributed by atoms with van der Waals surface area (Å²) in [6, 6.07) is 7.28. The van der Waals surface area contributed by atoms with Crippen LogP contribution in [0.5, 0.6) is 5.75 Å². The molecule has 3 aromatic heterocycles. The highest BCUT2D eigenvalue weighted by molar-refractivity contribution is 5.77. The number of nitrogens with one attached hydrogen (secondary N) is 1. The van der Waals surface area contributed by atoms with Crippen molar-refractivity contribution in [2.75, 3.05) is 0 Å². The molecule has 1 aliphatic heterocycles. The highest BCUT2D eigenvalue weighted by Gasteiger charge is 2.35. The second-order valence-corrected chi connectivity index (χ2v) is 6.47. The largest absolute Gasteiger partial charge is 0.426 e. The first-order valence-corrected chi connectivity index (χ1v) is 8.37. The van der Waals surface area contributed by atoms with Crippen LogP contribution in [0.15, 0.2) is 35.3 Å². The van der Waals surface area contributed by atoms with Crippen molar-refractivity contribution in [2.45, 2.75) is 33.1 Å². The van der Waals surface area contributed by atoms with Gasteiger partial charge in [0.1, 0.15) is 5.75 Å². The van der Waals surface area contributed by atoms with Gasteiger partial charge in [-0.15, -0.1) is 0 Å². The van der Waals surface area contributed by atoms with Crippen molar-refractivity contribution >= 4 is 5.97 Å². The summed E-state index contributed by atoms with van der Waals surface area (Å²) in [6.07, 6.45) is 1.81. The van der Waals surface area contributed by atoms with Gasteiger partial charge in [0.15, 0.2) is 5.82 Å². The Morgan fingerprint density at radius 1 is 1.19 bits per heavy atom. The highest BCUT2D eigenvalue weighted by atomic mass is 16.5. The van der Waals surface area contributed by atoms with E-state index in [2.05, 4.69) is 15.1 Å². The third-order valence-corrected chi connectivity index (χ3v) is 4.67. The molecular formula is C19H18N4O3. The number of hydrogen-bond donors (Lipinski definition) is 1. The second-order valence-electron chi connectivity index (χ2n) is 6.47. The molecular weight excluding hydrogens is 332 g/mol. The summed E-state index contributed by atoms with van der Waals surface area (Å²) in [4.78, 5) is 31.9. The highest BCUT2D eigenvalue weighted by Crippen LogP contribution is 2.39. The van der Waals surface area contributed by atoms with Crippen molar-refractivity contribution in [3.05, 3.63) is 69.0 Å². The van der Waals surface area contributed by atoms with Crippen molar-refractivity contribution in [3.8, 4) is 11.6 Å². The van der Waals surface area contributed by atoms with Gasteiger partial charge in [0.05, 0.1) is 17.7 Å². The Balaban J connectivity index is 1.92. The Bertz CT molecular complexity index is 1070. The molecule has 3 aromatic rings. The minimum atomic E-state index is -0.395. The van der Waals surface area contributed by atoms with Crippen LogP contribution in [0.1, 0.15) is 40.5 Å². The van der Waals surface area contributed by atoms with E-state index in [0.717, 1.165) is 17.0 Å². The van der Waals surface area contributed by atoms with Gasteiger partial charge in [0.2, 0.25) is 0 Å². The molecule has 1 aliphatic rings. The van der Waals surface area contributed by atoms with Crippen molar-refractivity contribution in [1.29, 1.82) is 0 Å². The monoisotopic (exact) mass is 350 g/mol. The SMILES string of the molecule is Cc1cc2c(c(=O)[nH]1)[C@@H](c1c(C)nn(-c3ccccn3)c1C)CC(=O)O2. The predicted octanol–water partition coefficient (Wildman–Crippen LogP) is 2.32. The molecule has 0 saturated carbocycles. The third-order valence-electron chi connectivity index (χ3n) is 4.67. The average Bonchev–Trinajstić information content (AvgIpc) is 2.88. The number of rotatable bonds is 2. The number of ether oxygens (including phenoxy) is 1. The Hall–Kier alpha value is -3.22. The molecule has 0 unspecified atom stereocenters. The smallest absolute Gasteiger partial charge is 0.312 e. The van der Waals surface area contributed by atoms with Gasteiger partial charge in [-0.3, -0.25) is 9.59 Å². The van der Waals surface area contributed by atoms with E-state index in [1.807, 2.05) is 32.0 Å². The molecule has 7 heteroatoms. The zero-order chi connectivity index (χ0) is 18.4. The van der Waals surface area contributed by atoms with Gasteiger partial charge in [-0.2, -0.15) is 5.10 Å². The molecule has 132 valence electrons. The number of pyridine rings is 2. The van der Waals surface area contributed by atoms with Crippen LogP contribution in [0.2, 0.25) is 0 Å². The standard InChI is InChI=1S/C19H18N4O3/c1-10-8-14-18(19(25)21-10)13(9-16(24)26-14)17-11(2)22-23(12(17)3)15-6-4-5-7-20-15/h4-8,13H,9H2,1-3H3,(H,21,25)/t13-/m1/s1. The van der Waals surface area contributed by atoms with Crippen LogP contribution >= 0.6 is 0 Å². The zero-order valence-electron chi connectivity index (χ0n) is 14.7. The Labute approximate surface area is 149 Å². The van der Waals surface area contributed by atoms with Gasteiger partial charge >= 0.3 is 5.97 Å². The first-order chi connectivity index (χ1) is 12.5. The summed E-state index contributed by atoms with van der Waals surface area (Å²) in [7, 11) is 0. The maximum Gasteiger partial charge on any atom is 0.312 e. The van der Waals surface area contributed by atoms with Crippen LogP contribution in [0.25, 0.3) is 5.82 Å². The lowest BCUT2D eigenvalue weighted by Gasteiger charge is -2.24. The normalized spacial score (nSPS) is 16.3. The fourth-order valence-electron chi connectivity index (χ4n) is 3.62. The number of aryl methyl sites for hydroxylation is 2. The molecule has 4 heterocycles. The van der Waals surface area contributed by atoms with E-state index in [1.54, 1.807) is 23.9 Å². The van der Waals surface area contributed by atoms with Gasteiger partial charge in [0, 0.05) is 35.1 Å². The van der Waals surface area contributed by atoms with Crippen molar-refractivity contribution < 1.29 is 9.53 Å². The number of hydrogen-bond acceptors (Lipinski definition) is 5. The van der Waals surface area contributed by atoms with E-state index in [9.17, 15) is 9.59 Å².